The third kappa shape index (κ3) is 4.41. The van der Waals surface area contributed by atoms with Crippen LogP contribution in [0.2, 0.25) is 0 Å². The lowest BCUT2D eigenvalue weighted by molar-refractivity contribution is 0.0987. The van der Waals surface area contributed by atoms with E-state index in [4.69, 9.17) is 4.74 Å². The molecule has 6 nitrogen and oxygen atoms in total. The monoisotopic (exact) mass is 362 g/mol. The van der Waals surface area contributed by atoms with Crippen LogP contribution in [-0.4, -0.2) is 29.0 Å². The summed E-state index contributed by atoms with van der Waals surface area (Å²) in [4.78, 5) is 23.0. The Morgan fingerprint density at radius 3 is 2.33 bits per heavy atom. The van der Waals surface area contributed by atoms with Gasteiger partial charge in [-0.2, -0.15) is 0 Å². The van der Waals surface area contributed by atoms with Crippen molar-refractivity contribution in [2.24, 2.45) is 0 Å². The first kappa shape index (κ1) is 18.4. The highest BCUT2D eigenvalue weighted by atomic mass is 16.5. The van der Waals surface area contributed by atoms with Gasteiger partial charge in [-0.1, -0.05) is 30.3 Å². The summed E-state index contributed by atoms with van der Waals surface area (Å²) in [5.41, 5.74) is 2.06. The minimum Gasteiger partial charge on any atom is -0.492 e. The fourth-order valence-electron chi connectivity index (χ4n) is 2.68. The smallest absolute Gasteiger partial charge is 0.261 e. The lowest BCUT2D eigenvalue weighted by Crippen LogP contribution is -2.30. The molecule has 0 radical (unpaired) electrons. The van der Waals surface area contributed by atoms with Crippen LogP contribution in [0.1, 0.15) is 24.2 Å². The maximum absolute atomic E-state index is 12.8. The fourth-order valence-corrected chi connectivity index (χ4v) is 2.68. The molecule has 0 bridgehead atoms. The van der Waals surface area contributed by atoms with Gasteiger partial charge in [0.15, 0.2) is 0 Å². The Labute approximate surface area is 158 Å². The number of ether oxygens (including phenoxy) is 1. The van der Waals surface area contributed by atoms with Crippen LogP contribution in [-0.2, 0) is 0 Å². The van der Waals surface area contributed by atoms with Gasteiger partial charge in [-0.25, -0.2) is 9.97 Å². The van der Waals surface area contributed by atoms with Gasteiger partial charge in [0.2, 0.25) is 5.95 Å². The standard InChI is InChI=1S/C21H22N4O2/c1-3-25(17-10-6-5-7-11-17)20(26)16-14-22-21(23-15-16)24-18-12-8-9-13-19(18)27-4-2/h5-15H,3-4H2,1-2H3,(H,22,23,24). The number of anilines is 3. The van der Waals surface area contributed by atoms with Crippen molar-refractivity contribution in [2.45, 2.75) is 13.8 Å². The minimum absolute atomic E-state index is 0.134. The average molecular weight is 362 g/mol. The summed E-state index contributed by atoms with van der Waals surface area (Å²) in [5.74, 6) is 0.997. The normalized spacial score (nSPS) is 10.3. The summed E-state index contributed by atoms with van der Waals surface area (Å²) in [5, 5.41) is 3.13. The molecule has 1 aromatic heterocycles. The second-order valence-corrected chi connectivity index (χ2v) is 5.73. The quantitative estimate of drug-likeness (QED) is 0.679. The molecule has 3 aromatic rings. The number of amides is 1. The molecule has 1 amide bonds. The van der Waals surface area contributed by atoms with Gasteiger partial charge in [0.25, 0.3) is 5.91 Å². The second-order valence-electron chi connectivity index (χ2n) is 5.73. The fraction of sp³-hybridized carbons (Fsp3) is 0.190. The Hall–Kier alpha value is -3.41. The Kier molecular flexibility index (Phi) is 5.99. The van der Waals surface area contributed by atoms with Crippen LogP contribution in [0.15, 0.2) is 67.0 Å². The topological polar surface area (TPSA) is 67.3 Å². The number of rotatable bonds is 7. The SMILES string of the molecule is CCOc1ccccc1Nc1ncc(C(=O)N(CC)c2ccccc2)cn1. The first-order chi connectivity index (χ1) is 13.2. The molecule has 1 heterocycles. The van der Waals surface area contributed by atoms with Crippen molar-refractivity contribution in [2.75, 3.05) is 23.4 Å². The van der Waals surface area contributed by atoms with E-state index in [1.807, 2.05) is 68.4 Å². The molecule has 0 saturated carbocycles. The molecule has 0 saturated heterocycles. The number of hydrogen-bond donors (Lipinski definition) is 1. The van der Waals surface area contributed by atoms with Gasteiger partial charge in [-0.15, -0.1) is 0 Å². The van der Waals surface area contributed by atoms with Gasteiger partial charge < -0.3 is 15.0 Å². The highest BCUT2D eigenvalue weighted by molar-refractivity contribution is 6.05. The average Bonchev–Trinajstić information content (AvgIpc) is 2.71. The molecule has 2 aromatic carbocycles. The summed E-state index contributed by atoms with van der Waals surface area (Å²) in [7, 11) is 0. The molecule has 0 atom stereocenters. The zero-order valence-corrected chi connectivity index (χ0v) is 15.4. The van der Waals surface area contributed by atoms with E-state index in [2.05, 4.69) is 15.3 Å². The Balaban J connectivity index is 1.76. The van der Waals surface area contributed by atoms with Crippen molar-refractivity contribution in [1.29, 1.82) is 0 Å². The molecule has 0 fully saturated rings. The van der Waals surface area contributed by atoms with E-state index >= 15 is 0 Å². The summed E-state index contributed by atoms with van der Waals surface area (Å²) < 4.78 is 5.59. The van der Waals surface area contributed by atoms with Crippen LogP contribution in [0.25, 0.3) is 0 Å². The van der Waals surface area contributed by atoms with Gasteiger partial charge in [0.05, 0.1) is 17.9 Å². The van der Waals surface area contributed by atoms with Crippen LogP contribution in [0.4, 0.5) is 17.3 Å². The number of benzene rings is 2. The van der Waals surface area contributed by atoms with Crippen molar-refractivity contribution in [3.63, 3.8) is 0 Å². The number of carbonyl (C=O) groups is 1. The van der Waals surface area contributed by atoms with Crippen LogP contribution >= 0.6 is 0 Å². The number of nitrogens with zero attached hydrogens (tertiary/aromatic N) is 3. The third-order valence-electron chi connectivity index (χ3n) is 3.96. The van der Waals surface area contributed by atoms with E-state index in [0.29, 0.717) is 24.7 Å². The number of aromatic nitrogens is 2. The molecular formula is C21H22N4O2. The highest BCUT2D eigenvalue weighted by Crippen LogP contribution is 2.26. The molecule has 138 valence electrons. The van der Waals surface area contributed by atoms with Crippen molar-refractivity contribution in [3.05, 3.63) is 72.6 Å². The third-order valence-corrected chi connectivity index (χ3v) is 3.96. The summed E-state index contributed by atoms with van der Waals surface area (Å²) in [6, 6.07) is 17.1. The van der Waals surface area contributed by atoms with E-state index in [-0.39, 0.29) is 5.91 Å². The maximum atomic E-state index is 12.8. The van der Waals surface area contributed by atoms with Gasteiger partial charge >= 0.3 is 0 Å². The van der Waals surface area contributed by atoms with Crippen molar-refractivity contribution >= 4 is 23.2 Å². The van der Waals surface area contributed by atoms with Crippen LogP contribution < -0.4 is 15.0 Å². The van der Waals surface area contributed by atoms with E-state index in [0.717, 1.165) is 17.1 Å². The minimum atomic E-state index is -0.134. The van der Waals surface area contributed by atoms with Crippen molar-refractivity contribution in [3.8, 4) is 5.75 Å². The van der Waals surface area contributed by atoms with E-state index in [1.165, 1.54) is 12.4 Å². The lowest BCUT2D eigenvalue weighted by atomic mass is 10.2. The Bertz CT molecular complexity index is 882. The number of nitrogens with one attached hydrogen (secondary N) is 1. The van der Waals surface area contributed by atoms with Crippen molar-refractivity contribution < 1.29 is 9.53 Å². The molecule has 1 N–H and O–H groups in total. The Morgan fingerprint density at radius 2 is 1.67 bits per heavy atom. The van der Waals surface area contributed by atoms with E-state index < -0.39 is 0 Å². The molecule has 0 aliphatic heterocycles. The summed E-state index contributed by atoms with van der Waals surface area (Å²) in [6.07, 6.45) is 3.07. The highest BCUT2D eigenvalue weighted by Gasteiger charge is 2.17. The molecule has 0 aliphatic carbocycles. The summed E-state index contributed by atoms with van der Waals surface area (Å²) in [6.45, 7) is 5.00. The first-order valence-corrected chi connectivity index (χ1v) is 8.90. The van der Waals surface area contributed by atoms with Gasteiger partial charge in [-0.3, -0.25) is 4.79 Å². The second kappa shape index (κ2) is 8.80. The zero-order valence-electron chi connectivity index (χ0n) is 15.4. The van der Waals surface area contributed by atoms with E-state index in [9.17, 15) is 4.79 Å². The number of hydrogen-bond acceptors (Lipinski definition) is 5. The molecular weight excluding hydrogens is 340 g/mol. The van der Waals surface area contributed by atoms with Crippen LogP contribution in [0.3, 0.4) is 0 Å². The van der Waals surface area contributed by atoms with Gasteiger partial charge in [0.1, 0.15) is 5.75 Å². The van der Waals surface area contributed by atoms with Gasteiger partial charge in [-0.05, 0) is 38.1 Å². The lowest BCUT2D eigenvalue weighted by Gasteiger charge is -2.20. The van der Waals surface area contributed by atoms with Crippen LogP contribution in [0.5, 0.6) is 5.75 Å². The predicted molar refractivity (Wildman–Crippen MR) is 107 cm³/mol. The molecule has 27 heavy (non-hydrogen) atoms. The van der Waals surface area contributed by atoms with Crippen molar-refractivity contribution in [1.82, 2.24) is 9.97 Å². The first-order valence-electron chi connectivity index (χ1n) is 8.90. The largest absolute Gasteiger partial charge is 0.492 e. The predicted octanol–water partition coefficient (Wildman–Crippen LogP) is 4.29. The molecule has 3 rings (SSSR count). The Morgan fingerprint density at radius 1 is 1.00 bits per heavy atom. The van der Waals surface area contributed by atoms with Crippen LogP contribution in [0, 0.1) is 0 Å². The number of carbonyl (C=O) groups excluding carboxylic acids is 1. The zero-order chi connectivity index (χ0) is 19.1. The molecule has 6 heteroatoms. The molecule has 0 aliphatic rings. The maximum Gasteiger partial charge on any atom is 0.261 e. The molecule has 0 spiro atoms. The summed E-state index contributed by atoms with van der Waals surface area (Å²) >= 11 is 0. The van der Waals surface area contributed by atoms with Gasteiger partial charge in [0, 0.05) is 24.6 Å². The van der Waals surface area contributed by atoms with E-state index in [1.54, 1.807) is 4.90 Å². The molecule has 0 unspecified atom stereocenters. The number of para-hydroxylation sites is 3.